The Kier molecular flexibility index (Phi) is 4.28. The van der Waals surface area contributed by atoms with Crippen LogP contribution in [0.3, 0.4) is 0 Å². The molecule has 1 aromatic carbocycles. The lowest BCUT2D eigenvalue weighted by Gasteiger charge is -2.17. The largest absolute Gasteiger partial charge is 0.349 e. The van der Waals surface area contributed by atoms with Crippen LogP contribution in [0.5, 0.6) is 0 Å². The number of halogens is 1. The van der Waals surface area contributed by atoms with E-state index in [9.17, 15) is 4.79 Å². The third-order valence-electron chi connectivity index (χ3n) is 2.99. The molecule has 1 N–H and O–H groups in total. The molecule has 1 unspecified atom stereocenters. The van der Waals surface area contributed by atoms with E-state index in [1.54, 1.807) is 6.07 Å². The van der Waals surface area contributed by atoms with Crippen molar-refractivity contribution in [1.82, 2.24) is 5.32 Å². The molecule has 1 aromatic rings. The van der Waals surface area contributed by atoms with Gasteiger partial charge in [-0.05, 0) is 48.3 Å². The van der Waals surface area contributed by atoms with Crippen molar-refractivity contribution in [1.29, 1.82) is 0 Å². The Bertz CT molecular complexity index is 488. The van der Waals surface area contributed by atoms with E-state index in [0.717, 1.165) is 10.0 Å². The smallest absolute Gasteiger partial charge is 0.252 e. The zero-order valence-electron chi connectivity index (χ0n) is 11.3. The van der Waals surface area contributed by atoms with E-state index in [1.165, 1.54) is 0 Å². The maximum Gasteiger partial charge on any atom is 0.252 e. The maximum absolute atomic E-state index is 12.1. The average molecular weight is 328 g/mol. The minimum absolute atomic E-state index is 0.0949. The van der Waals surface area contributed by atoms with Crippen LogP contribution in [0, 0.1) is 6.92 Å². The molecule has 0 radical (unpaired) electrons. The topological polar surface area (TPSA) is 47.6 Å². The van der Waals surface area contributed by atoms with Crippen molar-refractivity contribution in [2.75, 3.05) is 13.2 Å². The van der Waals surface area contributed by atoms with Gasteiger partial charge in [-0.15, -0.1) is 0 Å². The Labute approximate surface area is 121 Å². The van der Waals surface area contributed by atoms with Gasteiger partial charge in [0.2, 0.25) is 0 Å². The minimum Gasteiger partial charge on any atom is -0.349 e. The van der Waals surface area contributed by atoms with E-state index in [-0.39, 0.29) is 12.0 Å². The summed E-state index contributed by atoms with van der Waals surface area (Å²) in [6, 6.07) is 5.62. The highest BCUT2D eigenvalue weighted by Gasteiger charge is 2.32. The van der Waals surface area contributed by atoms with Crippen molar-refractivity contribution in [2.45, 2.75) is 32.7 Å². The van der Waals surface area contributed by atoms with E-state index < -0.39 is 5.79 Å². The second-order valence-electron chi connectivity index (χ2n) is 5.10. The van der Waals surface area contributed by atoms with Gasteiger partial charge in [0.15, 0.2) is 5.79 Å². The van der Waals surface area contributed by atoms with Gasteiger partial charge in [0.25, 0.3) is 5.91 Å². The van der Waals surface area contributed by atoms with Gasteiger partial charge < -0.3 is 14.8 Å². The molecule has 1 aliphatic heterocycles. The molecule has 0 bridgehead atoms. The fraction of sp³-hybridized carbons (Fsp3) is 0.500. The van der Waals surface area contributed by atoms with Crippen molar-refractivity contribution in [3.63, 3.8) is 0 Å². The lowest BCUT2D eigenvalue weighted by Crippen LogP contribution is -2.34. The van der Waals surface area contributed by atoms with Crippen molar-refractivity contribution >= 4 is 21.8 Å². The van der Waals surface area contributed by atoms with E-state index >= 15 is 0 Å². The first kappa shape index (κ1) is 14.5. The van der Waals surface area contributed by atoms with Crippen LogP contribution in [0.15, 0.2) is 22.7 Å². The van der Waals surface area contributed by atoms with Crippen molar-refractivity contribution < 1.29 is 14.3 Å². The molecule has 19 heavy (non-hydrogen) atoms. The maximum atomic E-state index is 12.1. The number of benzene rings is 1. The summed E-state index contributed by atoms with van der Waals surface area (Å²) in [6.45, 7) is 6.64. The summed E-state index contributed by atoms with van der Waals surface area (Å²) in [6.07, 6.45) is -0.0949. The number of hydrogen-bond acceptors (Lipinski definition) is 3. The number of rotatable bonds is 3. The highest BCUT2D eigenvalue weighted by atomic mass is 79.9. The van der Waals surface area contributed by atoms with Crippen LogP contribution in [0.1, 0.15) is 29.8 Å². The number of nitrogens with one attached hydrogen (secondary N) is 1. The summed E-state index contributed by atoms with van der Waals surface area (Å²) in [5, 5.41) is 2.87. The Morgan fingerprint density at radius 2 is 2.26 bits per heavy atom. The van der Waals surface area contributed by atoms with Gasteiger partial charge in [-0.3, -0.25) is 4.79 Å². The molecular weight excluding hydrogens is 310 g/mol. The quantitative estimate of drug-likeness (QED) is 0.928. The molecule has 0 spiro atoms. The summed E-state index contributed by atoms with van der Waals surface area (Å²) in [5.74, 6) is -0.664. The molecule has 5 heteroatoms. The Morgan fingerprint density at radius 3 is 2.89 bits per heavy atom. The normalized spacial score (nSPS) is 21.4. The molecule has 0 aromatic heterocycles. The first-order valence-electron chi connectivity index (χ1n) is 6.24. The second kappa shape index (κ2) is 5.61. The molecule has 2 rings (SSSR count). The molecule has 1 heterocycles. The number of carbonyl (C=O) groups is 1. The van der Waals surface area contributed by atoms with Crippen LogP contribution in [0.4, 0.5) is 0 Å². The van der Waals surface area contributed by atoms with Crippen LogP contribution < -0.4 is 5.32 Å². The molecule has 1 amide bonds. The summed E-state index contributed by atoms with van der Waals surface area (Å²) in [7, 11) is 0. The number of amides is 1. The van der Waals surface area contributed by atoms with Crippen LogP contribution in [0.2, 0.25) is 0 Å². The van der Waals surface area contributed by atoms with Crippen molar-refractivity contribution in [2.24, 2.45) is 0 Å². The summed E-state index contributed by atoms with van der Waals surface area (Å²) < 4.78 is 11.9. The fourth-order valence-corrected chi connectivity index (χ4v) is 2.43. The van der Waals surface area contributed by atoms with E-state index in [1.807, 2.05) is 32.9 Å². The molecule has 1 fully saturated rings. The highest BCUT2D eigenvalue weighted by Crippen LogP contribution is 2.23. The van der Waals surface area contributed by atoms with Gasteiger partial charge in [0.05, 0.1) is 12.2 Å². The zero-order chi connectivity index (χ0) is 14.0. The molecule has 1 aliphatic rings. The third kappa shape index (κ3) is 3.55. The number of ether oxygens (including phenoxy) is 2. The molecule has 1 saturated heterocycles. The molecule has 0 saturated carbocycles. The predicted molar refractivity (Wildman–Crippen MR) is 76.1 cm³/mol. The summed E-state index contributed by atoms with van der Waals surface area (Å²) >= 11 is 3.44. The van der Waals surface area contributed by atoms with E-state index in [0.29, 0.717) is 18.7 Å². The number of carbonyl (C=O) groups excluding carboxylic acids is 1. The van der Waals surface area contributed by atoms with Crippen molar-refractivity contribution in [3.05, 3.63) is 33.8 Å². The lowest BCUT2D eigenvalue weighted by atomic mass is 10.1. The SMILES string of the molecule is Cc1cccc(C(=O)NCC2COC(C)(C)O2)c1Br. The molecular formula is C14H18BrNO3. The van der Waals surface area contributed by atoms with Gasteiger partial charge in [0, 0.05) is 11.0 Å². The third-order valence-corrected chi connectivity index (χ3v) is 4.05. The lowest BCUT2D eigenvalue weighted by molar-refractivity contribution is -0.137. The first-order valence-corrected chi connectivity index (χ1v) is 7.03. The molecule has 0 aliphatic carbocycles. The molecule has 1 atom stereocenters. The number of hydrogen-bond donors (Lipinski definition) is 1. The van der Waals surface area contributed by atoms with Crippen LogP contribution in [-0.4, -0.2) is 30.9 Å². The van der Waals surface area contributed by atoms with Crippen molar-refractivity contribution in [3.8, 4) is 0 Å². The average Bonchev–Trinajstić information content (AvgIpc) is 2.69. The Hall–Kier alpha value is -0.910. The van der Waals surface area contributed by atoms with Gasteiger partial charge in [-0.1, -0.05) is 12.1 Å². The van der Waals surface area contributed by atoms with Crippen LogP contribution in [0.25, 0.3) is 0 Å². The van der Waals surface area contributed by atoms with Gasteiger partial charge >= 0.3 is 0 Å². The van der Waals surface area contributed by atoms with Gasteiger partial charge in [-0.25, -0.2) is 0 Å². The minimum atomic E-state index is -0.556. The molecule has 104 valence electrons. The predicted octanol–water partition coefficient (Wildman–Crippen LogP) is 2.64. The first-order chi connectivity index (χ1) is 8.89. The summed E-state index contributed by atoms with van der Waals surface area (Å²) in [4.78, 5) is 12.1. The fourth-order valence-electron chi connectivity index (χ4n) is 1.99. The Balaban J connectivity index is 1.93. The zero-order valence-corrected chi connectivity index (χ0v) is 12.9. The van der Waals surface area contributed by atoms with Crippen LogP contribution >= 0.6 is 15.9 Å². The Morgan fingerprint density at radius 1 is 1.53 bits per heavy atom. The molecule has 4 nitrogen and oxygen atoms in total. The van der Waals surface area contributed by atoms with E-state index in [2.05, 4.69) is 21.2 Å². The summed E-state index contributed by atoms with van der Waals surface area (Å²) in [5.41, 5.74) is 1.67. The second-order valence-corrected chi connectivity index (χ2v) is 5.89. The number of aryl methyl sites for hydroxylation is 1. The monoisotopic (exact) mass is 327 g/mol. The van der Waals surface area contributed by atoms with E-state index in [4.69, 9.17) is 9.47 Å². The van der Waals surface area contributed by atoms with Gasteiger partial charge in [0.1, 0.15) is 6.10 Å². The standard InChI is InChI=1S/C14H18BrNO3/c1-9-5-4-6-11(12(9)15)13(17)16-7-10-8-18-14(2,3)19-10/h4-6,10H,7-8H2,1-3H3,(H,16,17). The highest BCUT2D eigenvalue weighted by molar-refractivity contribution is 9.10. The van der Waals surface area contributed by atoms with Gasteiger partial charge in [-0.2, -0.15) is 0 Å². The van der Waals surface area contributed by atoms with Crippen LogP contribution in [-0.2, 0) is 9.47 Å².